The standard InChI is InChI=1S/C16H20N4S/c1-11-12(2)19-15(13-4-8-17-9-5-13)20-14(11)18-10-16(21-3)6-7-16/h4-5,8-9H,6-7,10H2,1-3H3,(H,18,19,20). The number of pyridine rings is 1. The molecule has 3 rings (SSSR count). The second-order valence-corrected chi connectivity index (χ2v) is 6.86. The molecule has 0 radical (unpaired) electrons. The first-order valence-corrected chi connectivity index (χ1v) is 8.41. The van der Waals surface area contributed by atoms with Gasteiger partial charge in [-0.15, -0.1) is 0 Å². The second kappa shape index (κ2) is 5.64. The molecule has 1 saturated carbocycles. The molecule has 1 aliphatic carbocycles. The Labute approximate surface area is 129 Å². The highest BCUT2D eigenvalue weighted by atomic mass is 32.2. The summed E-state index contributed by atoms with van der Waals surface area (Å²) in [5.41, 5.74) is 3.15. The number of aromatic nitrogens is 3. The van der Waals surface area contributed by atoms with Crippen LogP contribution in [0.2, 0.25) is 0 Å². The number of aryl methyl sites for hydroxylation is 1. The van der Waals surface area contributed by atoms with Gasteiger partial charge < -0.3 is 5.32 Å². The number of hydrogen-bond acceptors (Lipinski definition) is 5. The molecular formula is C16H20N4S. The number of rotatable bonds is 5. The van der Waals surface area contributed by atoms with E-state index >= 15 is 0 Å². The normalized spacial score (nSPS) is 15.8. The lowest BCUT2D eigenvalue weighted by molar-refractivity contribution is 0.930. The Balaban J connectivity index is 1.87. The maximum absolute atomic E-state index is 4.71. The largest absolute Gasteiger partial charge is 0.368 e. The summed E-state index contributed by atoms with van der Waals surface area (Å²) in [6, 6.07) is 3.89. The highest BCUT2D eigenvalue weighted by Gasteiger charge is 2.41. The molecule has 5 heteroatoms. The molecule has 0 unspecified atom stereocenters. The van der Waals surface area contributed by atoms with Crippen molar-refractivity contribution in [2.75, 3.05) is 18.1 Å². The predicted molar refractivity (Wildman–Crippen MR) is 88.7 cm³/mol. The average molecular weight is 300 g/mol. The number of hydrogen-bond donors (Lipinski definition) is 1. The fraction of sp³-hybridized carbons (Fsp3) is 0.438. The summed E-state index contributed by atoms with van der Waals surface area (Å²) in [5.74, 6) is 1.71. The van der Waals surface area contributed by atoms with Crippen LogP contribution in [0.15, 0.2) is 24.5 Å². The van der Waals surface area contributed by atoms with E-state index in [9.17, 15) is 0 Å². The van der Waals surface area contributed by atoms with Crippen molar-refractivity contribution in [3.05, 3.63) is 35.8 Å². The van der Waals surface area contributed by atoms with Gasteiger partial charge in [-0.1, -0.05) is 0 Å². The van der Waals surface area contributed by atoms with E-state index in [0.29, 0.717) is 4.75 Å². The van der Waals surface area contributed by atoms with Gasteiger partial charge >= 0.3 is 0 Å². The summed E-state index contributed by atoms with van der Waals surface area (Å²) >= 11 is 1.95. The molecule has 0 atom stereocenters. The van der Waals surface area contributed by atoms with Crippen molar-refractivity contribution in [2.24, 2.45) is 0 Å². The Morgan fingerprint density at radius 3 is 2.52 bits per heavy atom. The van der Waals surface area contributed by atoms with Crippen LogP contribution in [-0.2, 0) is 0 Å². The average Bonchev–Trinajstić information content (AvgIpc) is 3.30. The molecule has 0 amide bonds. The molecule has 0 saturated heterocycles. The van der Waals surface area contributed by atoms with Crippen LogP contribution >= 0.6 is 11.8 Å². The first kappa shape index (κ1) is 14.3. The van der Waals surface area contributed by atoms with E-state index in [-0.39, 0.29) is 0 Å². The van der Waals surface area contributed by atoms with Crippen LogP contribution in [0.4, 0.5) is 5.82 Å². The molecule has 0 bridgehead atoms. The molecule has 0 spiro atoms. The van der Waals surface area contributed by atoms with Gasteiger partial charge in [0.25, 0.3) is 0 Å². The Hall–Kier alpha value is -1.62. The third-order valence-corrected chi connectivity index (χ3v) is 5.57. The smallest absolute Gasteiger partial charge is 0.161 e. The molecule has 2 aromatic rings. The number of thioether (sulfide) groups is 1. The van der Waals surface area contributed by atoms with Crippen molar-refractivity contribution in [2.45, 2.75) is 31.4 Å². The van der Waals surface area contributed by atoms with Gasteiger partial charge in [0.2, 0.25) is 0 Å². The van der Waals surface area contributed by atoms with Crippen molar-refractivity contribution >= 4 is 17.6 Å². The quantitative estimate of drug-likeness (QED) is 0.916. The number of nitrogens with one attached hydrogen (secondary N) is 1. The van der Waals surface area contributed by atoms with E-state index < -0.39 is 0 Å². The zero-order valence-corrected chi connectivity index (χ0v) is 13.5. The second-order valence-electron chi connectivity index (χ2n) is 5.58. The van der Waals surface area contributed by atoms with Gasteiger partial charge in [-0.2, -0.15) is 11.8 Å². The molecule has 2 aromatic heterocycles. The summed E-state index contributed by atoms with van der Waals surface area (Å²) in [6.45, 7) is 5.09. The molecule has 2 heterocycles. The highest BCUT2D eigenvalue weighted by molar-refractivity contribution is 8.00. The minimum Gasteiger partial charge on any atom is -0.368 e. The van der Waals surface area contributed by atoms with Gasteiger partial charge in [0.15, 0.2) is 5.82 Å². The van der Waals surface area contributed by atoms with Crippen LogP contribution in [0.3, 0.4) is 0 Å². The maximum Gasteiger partial charge on any atom is 0.161 e. The SMILES string of the molecule is CSC1(CNc2nc(-c3ccncc3)nc(C)c2C)CC1. The van der Waals surface area contributed by atoms with Crippen LogP contribution in [0.5, 0.6) is 0 Å². The lowest BCUT2D eigenvalue weighted by Crippen LogP contribution is -2.19. The summed E-state index contributed by atoms with van der Waals surface area (Å²) < 4.78 is 0.419. The van der Waals surface area contributed by atoms with Crippen LogP contribution in [0.1, 0.15) is 24.1 Å². The zero-order valence-electron chi connectivity index (χ0n) is 12.7. The molecule has 110 valence electrons. The number of anilines is 1. The van der Waals surface area contributed by atoms with Crippen LogP contribution in [0, 0.1) is 13.8 Å². The highest BCUT2D eigenvalue weighted by Crippen LogP contribution is 2.47. The van der Waals surface area contributed by atoms with Crippen LogP contribution in [-0.4, -0.2) is 32.5 Å². The minimum atomic E-state index is 0.419. The van der Waals surface area contributed by atoms with Crippen molar-refractivity contribution < 1.29 is 0 Å². The van der Waals surface area contributed by atoms with Crippen LogP contribution < -0.4 is 5.32 Å². The van der Waals surface area contributed by atoms with Gasteiger partial charge in [0.05, 0.1) is 0 Å². The molecular weight excluding hydrogens is 280 g/mol. The van der Waals surface area contributed by atoms with Crippen molar-refractivity contribution in [3.8, 4) is 11.4 Å². The molecule has 0 aliphatic heterocycles. The van der Waals surface area contributed by atoms with Gasteiger partial charge in [-0.25, -0.2) is 9.97 Å². The topological polar surface area (TPSA) is 50.7 Å². The van der Waals surface area contributed by atoms with E-state index in [1.807, 2.05) is 30.8 Å². The lowest BCUT2D eigenvalue weighted by Gasteiger charge is -2.16. The third-order valence-electron chi connectivity index (χ3n) is 4.15. The predicted octanol–water partition coefficient (Wildman–Crippen LogP) is 3.46. The molecule has 0 aromatic carbocycles. The summed E-state index contributed by atoms with van der Waals surface area (Å²) in [7, 11) is 0. The van der Waals surface area contributed by atoms with E-state index in [4.69, 9.17) is 4.98 Å². The Morgan fingerprint density at radius 1 is 1.19 bits per heavy atom. The molecule has 1 aliphatic rings. The first-order chi connectivity index (χ1) is 10.1. The summed E-state index contributed by atoms with van der Waals surface area (Å²) in [6.07, 6.45) is 8.32. The molecule has 1 fully saturated rings. The third kappa shape index (κ3) is 3.02. The van der Waals surface area contributed by atoms with Crippen molar-refractivity contribution in [1.29, 1.82) is 0 Å². The Bertz CT molecular complexity index is 638. The Kier molecular flexibility index (Phi) is 3.85. The Morgan fingerprint density at radius 2 is 1.90 bits per heavy atom. The van der Waals surface area contributed by atoms with E-state index in [2.05, 4.69) is 28.5 Å². The summed E-state index contributed by atoms with van der Waals surface area (Å²) in [4.78, 5) is 13.4. The summed E-state index contributed by atoms with van der Waals surface area (Å²) in [5, 5.41) is 3.53. The van der Waals surface area contributed by atoms with Crippen LogP contribution in [0.25, 0.3) is 11.4 Å². The van der Waals surface area contributed by atoms with Crippen molar-refractivity contribution in [1.82, 2.24) is 15.0 Å². The first-order valence-electron chi connectivity index (χ1n) is 7.18. The number of nitrogens with zero attached hydrogens (tertiary/aromatic N) is 3. The zero-order chi connectivity index (χ0) is 14.9. The van der Waals surface area contributed by atoms with Gasteiger partial charge in [-0.05, 0) is 45.1 Å². The van der Waals surface area contributed by atoms with E-state index in [1.54, 1.807) is 12.4 Å². The molecule has 4 nitrogen and oxygen atoms in total. The lowest BCUT2D eigenvalue weighted by atomic mass is 10.2. The monoisotopic (exact) mass is 300 g/mol. The maximum atomic E-state index is 4.71. The van der Waals surface area contributed by atoms with Crippen molar-refractivity contribution in [3.63, 3.8) is 0 Å². The fourth-order valence-electron chi connectivity index (χ4n) is 2.27. The van der Waals surface area contributed by atoms with Gasteiger partial charge in [0.1, 0.15) is 5.82 Å². The fourth-order valence-corrected chi connectivity index (χ4v) is 3.00. The molecule has 1 N–H and O–H groups in total. The van der Waals surface area contributed by atoms with Gasteiger partial charge in [-0.3, -0.25) is 4.98 Å². The molecule has 21 heavy (non-hydrogen) atoms. The van der Waals surface area contributed by atoms with Gasteiger partial charge in [0, 0.05) is 40.5 Å². The minimum absolute atomic E-state index is 0.419. The van der Waals surface area contributed by atoms with E-state index in [1.165, 1.54) is 12.8 Å². The van der Waals surface area contributed by atoms with E-state index in [0.717, 1.165) is 35.0 Å².